The molecule has 0 bridgehead atoms. The zero-order chi connectivity index (χ0) is 13.7. The molecule has 100 valence electrons. The summed E-state index contributed by atoms with van der Waals surface area (Å²) in [5.74, 6) is 0.972. The molecule has 0 aromatic heterocycles. The second kappa shape index (κ2) is 6.55. The van der Waals surface area contributed by atoms with E-state index in [4.69, 9.17) is 9.47 Å². The molecule has 1 aromatic carbocycles. The number of carbonyl (C=O) groups is 1. The number of aryl methyl sites for hydroxylation is 2. The summed E-state index contributed by atoms with van der Waals surface area (Å²) in [6, 6.07) is 3.85. The summed E-state index contributed by atoms with van der Waals surface area (Å²) in [5.41, 5.74) is 2.72. The first kappa shape index (κ1) is 14.7. The van der Waals surface area contributed by atoms with Gasteiger partial charge in [0.05, 0.1) is 12.7 Å². The lowest BCUT2D eigenvalue weighted by atomic mass is 9.99. The number of Topliss-reactive ketones (excluding diaryl/α,β-unsaturated/α-hetero) is 1. The van der Waals surface area contributed by atoms with E-state index in [-0.39, 0.29) is 11.9 Å². The number of hydrogen-bond donors (Lipinski definition) is 0. The molecule has 1 aromatic rings. The minimum absolute atomic E-state index is 0.119. The zero-order valence-electron chi connectivity index (χ0n) is 11.9. The Bertz CT molecular complexity index is 422. The summed E-state index contributed by atoms with van der Waals surface area (Å²) in [4.78, 5) is 12.0. The molecule has 0 aliphatic heterocycles. The zero-order valence-corrected chi connectivity index (χ0v) is 11.9. The summed E-state index contributed by atoms with van der Waals surface area (Å²) < 4.78 is 10.6. The van der Waals surface area contributed by atoms with E-state index in [2.05, 4.69) is 0 Å². The molecular formula is C15H22O3. The van der Waals surface area contributed by atoms with Crippen molar-refractivity contribution in [1.82, 2.24) is 0 Å². The van der Waals surface area contributed by atoms with Crippen LogP contribution < -0.4 is 4.74 Å². The number of methoxy groups -OCH3 is 1. The smallest absolute Gasteiger partial charge is 0.165 e. The quantitative estimate of drug-likeness (QED) is 0.727. The third-order valence-electron chi connectivity index (χ3n) is 2.72. The van der Waals surface area contributed by atoms with E-state index in [0.29, 0.717) is 13.0 Å². The summed E-state index contributed by atoms with van der Waals surface area (Å²) >= 11 is 0. The Morgan fingerprint density at radius 1 is 1.22 bits per heavy atom. The Balaban J connectivity index is 2.95. The Hall–Kier alpha value is -1.35. The van der Waals surface area contributed by atoms with E-state index < -0.39 is 0 Å². The third kappa shape index (κ3) is 3.84. The lowest BCUT2D eigenvalue weighted by molar-refractivity contribution is 0.0931. The van der Waals surface area contributed by atoms with Gasteiger partial charge in [-0.15, -0.1) is 0 Å². The number of ether oxygens (including phenoxy) is 2. The second-order valence-corrected chi connectivity index (χ2v) is 4.77. The van der Waals surface area contributed by atoms with Crippen LogP contribution in [0.25, 0.3) is 0 Å². The largest absolute Gasteiger partial charge is 0.491 e. The monoisotopic (exact) mass is 250 g/mol. The van der Waals surface area contributed by atoms with E-state index in [1.807, 2.05) is 39.8 Å². The minimum Gasteiger partial charge on any atom is -0.491 e. The molecule has 1 rings (SSSR count). The maximum atomic E-state index is 12.0. The topological polar surface area (TPSA) is 35.5 Å². The first-order valence-corrected chi connectivity index (χ1v) is 6.25. The highest BCUT2D eigenvalue weighted by Gasteiger charge is 2.12. The molecule has 18 heavy (non-hydrogen) atoms. The molecule has 0 spiro atoms. The molecule has 0 amide bonds. The van der Waals surface area contributed by atoms with Crippen LogP contribution in [-0.2, 0) is 4.74 Å². The van der Waals surface area contributed by atoms with Crippen molar-refractivity contribution in [3.8, 4) is 5.75 Å². The summed E-state index contributed by atoms with van der Waals surface area (Å²) in [6.07, 6.45) is 0.555. The van der Waals surface area contributed by atoms with Gasteiger partial charge >= 0.3 is 0 Å². The van der Waals surface area contributed by atoms with Crippen LogP contribution in [0, 0.1) is 13.8 Å². The maximum Gasteiger partial charge on any atom is 0.165 e. The predicted molar refractivity (Wildman–Crippen MR) is 72.5 cm³/mol. The van der Waals surface area contributed by atoms with Crippen molar-refractivity contribution in [2.24, 2.45) is 0 Å². The lowest BCUT2D eigenvalue weighted by Gasteiger charge is -2.15. The first-order chi connectivity index (χ1) is 8.45. The first-order valence-electron chi connectivity index (χ1n) is 6.25. The third-order valence-corrected chi connectivity index (χ3v) is 2.72. The molecule has 0 heterocycles. The van der Waals surface area contributed by atoms with Crippen LogP contribution in [0.5, 0.6) is 5.75 Å². The standard InChI is InChI=1S/C15H22O3/c1-10(2)18-15-9-11(3)13(8-12(15)4)14(16)6-7-17-5/h8-10H,6-7H2,1-5H3. The van der Waals surface area contributed by atoms with Gasteiger partial charge in [-0.25, -0.2) is 0 Å². The van der Waals surface area contributed by atoms with Crippen LogP contribution in [0.15, 0.2) is 12.1 Å². The van der Waals surface area contributed by atoms with Crippen molar-refractivity contribution in [1.29, 1.82) is 0 Å². The van der Waals surface area contributed by atoms with E-state index in [1.165, 1.54) is 0 Å². The van der Waals surface area contributed by atoms with E-state index in [9.17, 15) is 4.79 Å². The van der Waals surface area contributed by atoms with Gasteiger partial charge in [0, 0.05) is 19.1 Å². The summed E-state index contributed by atoms with van der Waals surface area (Å²) in [7, 11) is 1.60. The van der Waals surface area contributed by atoms with Crippen molar-refractivity contribution in [2.45, 2.75) is 40.2 Å². The van der Waals surface area contributed by atoms with Gasteiger partial charge in [0.25, 0.3) is 0 Å². The van der Waals surface area contributed by atoms with Gasteiger partial charge in [0.2, 0.25) is 0 Å². The van der Waals surface area contributed by atoms with E-state index in [1.54, 1.807) is 7.11 Å². The van der Waals surface area contributed by atoms with Crippen molar-refractivity contribution >= 4 is 5.78 Å². The van der Waals surface area contributed by atoms with Gasteiger partial charge in [-0.3, -0.25) is 4.79 Å². The molecule has 0 atom stereocenters. The van der Waals surface area contributed by atoms with Gasteiger partial charge in [0.1, 0.15) is 5.75 Å². The molecule has 0 fully saturated rings. The van der Waals surface area contributed by atoms with E-state index in [0.717, 1.165) is 22.4 Å². The van der Waals surface area contributed by atoms with Crippen molar-refractivity contribution in [3.63, 3.8) is 0 Å². The fourth-order valence-corrected chi connectivity index (χ4v) is 1.80. The van der Waals surface area contributed by atoms with Crippen LogP contribution in [0.2, 0.25) is 0 Å². The average Bonchev–Trinajstić information content (AvgIpc) is 2.29. The lowest BCUT2D eigenvalue weighted by Crippen LogP contribution is -2.10. The SMILES string of the molecule is COCCC(=O)c1cc(C)c(OC(C)C)cc1C. The van der Waals surface area contributed by atoms with Crippen LogP contribution >= 0.6 is 0 Å². The summed E-state index contributed by atoms with van der Waals surface area (Å²) in [6.45, 7) is 8.34. The van der Waals surface area contributed by atoms with Crippen LogP contribution in [0.3, 0.4) is 0 Å². The molecule has 3 nitrogen and oxygen atoms in total. The molecule has 0 N–H and O–H groups in total. The molecule has 0 unspecified atom stereocenters. The minimum atomic E-state index is 0.119. The molecular weight excluding hydrogens is 228 g/mol. The highest BCUT2D eigenvalue weighted by atomic mass is 16.5. The van der Waals surface area contributed by atoms with Crippen molar-refractivity contribution in [2.75, 3.05) is 13.7 Å². The predicted octanol–water partition coefficient (Wildman–Crippen LogP) is 3.31. The van der Waals surface area contributed by atoms with Gasteiger partial charge in [-0.1, -0.05) is 0 Å². The van der Waals surface area contributed by atoms with Crippen LogP contribution in [0.1, 0.15) is 41.8 Å². The van der Waals surface area contributed by atoms with Crippen molar-refractivity contribution in [3.05, 3.63) is 28.8 Å². The fraction of sp³-hybridized carbons (Fsp3) is 0.533. The number of hydrogen-bond acceptors (Lipinski definition) is 3. The Labute approximate surface area is 109 Å². The molecule has 0 aliphatic carbocycles. The highest BCUT2D eigenvalue weighted by molar-refractivity contribution is 5.97. The molecule has 3 heteroatoms. The van der Waals surface area contributed by atoms with E-state index >= 15 is 0 Å². The summed E-state index contributed by atoms with van der Waals surface area (Å²) in [5, 5.41) is 0. The average molecular weight is 250 g/mol. The number of benzene rings is 1. The van der Waals surface area contributed by atoms with Gasteiger partial charge < -0.3 is 9.47 Å². The Morgan fingerprint density at radius 3 is 2.44 bits per heavy atom. The molecule has 0 aliphatic rings. The number of rotatable bonds is 6. The second-order valence-electron chi connectivity index (χ2n) is 4.77. The number of ketones is 1. The Kier molecular flexibility index (Phi) is 5.35. The van der Waals surface area contributed by atoms with Crippen LogP contribution in [-0.4, -0.2) is 25.6 Å². The highest BCUT2D eigenvalue weighted by Crippen LogP contribution is 2.24. The number of carbonyl (C=O) groups excluding carboxylic acids is 1. The van der Waals surface area contributed by atoms with Gasteiger partial charge in [-0.2, -0.15) is 0 Å². The molecule has 0 saturated carbocycles. The maximum absolute atomic E-state index is 12.0. The molecule has 0 radical (unpaired) electrons. The Morgan fingerprint density at radius 2 is 1.89 bits per heavy atom. The molecule has 0 saturated heterocycles. The van der Waals surface area contributed by atoms with Crippen molar-refractivity contribution < 1.29 is 14.3 Å². The normalized spacial score (nSPS) is 10.8. The van der Waals surface area contributed by atoms with Crippen LogP contribution in [0.4, 0.5) is 0 Å². The fourth-order valence-electron chi connectivity index (χ4n) is 1.80. The van der Waals surface area contributed by atoms with Gasteiger partial charge in [-0.05, 0) is 51.0 Å². The van der Waals surface area contributed by atoms with Gasteiger partial charge in [0.15, 0.2) is 5.78 Å².